The van der Waals surface area contributed by atoms with Crippen LogP contribution in [0.25, 0.3) is 0 Å². The van der Waals surface area contributed by atoms with E-state index in [9.17, 15) is 4.79 Å². The van der Waals surface area contributed by atoms with Gasteiger partial charge in [-0.25, -0.2) is 5.43 Å². The van der Waals surface area contributed by atoms with Gasteiger partial charge in [-0.1, -0.05) is 12.1 Å². The van der Waals surface area contributed by atoms with Crippen LogP contribution in [-0.4, -0.2) is 18.7 Å². The summed E-state index contributed by atoms with van der Waals surface area (Å²) in [5.41, 5.74) is 3.67. The summed E-state index contributed by atoms with van der Waals surface area (Å²) in [6, 6.07) is 11.5. The minimum Gasteiger partial charge on any atom is -0.494 e. The quantitative estimate of drug-likeness (QED) is 0.601. The van der Waals surface area contributed by atoms with Crippen LogP contribution >= 0.6 is 0 Å². The second kappa shape index (κ2) is 8.67. The number of ether oxygens (including phenoxy) is 1. The first-order chi connectivity index (χ1) is 10.8. The fourth-order valence-electron chi connectivity index (χ4n) is 1.96. The summed E-state index contributed by atoms with van der Waals surface area (Å²) in [4.78, 5) is 11.6. The van der Waals surface area contributed by atoms with Crippen molar-refractivity contribution < 1.29 is 13.9 Å². The topological polar surface area (TPSA) is 63.8 Å². The lowest BCUT2D eigenvalue weighted by Crippen LogP contribution is -2.17. The lowest BCUT2D eigenvalue weighted by Gasteiger charge is -2.05. The van der Waals surface area contributed by atoms with Gasteiger partial charge in [-0.15, -0.1) is 0 Å². The van der Waals surface area contributed by atoms with Crippen LogP contribution in [-0.2, 0) is 11.2 Å². The fraction of sp³-hybridized carbons (Fsp3) is 0.294. The summed E-state index contributed by atoms with van der Waals surface area (Å²) in [5, 5.41) is 3.84. The van der Waals surface area contributed by atoms with Gasteiger partial charge in [-0.2, -0.15) is 5.10 Å². The van der Waals surface area contributed by atoms with Crippen molar-refractivity contribution in [3.8, 4) is 5.75 Å². The van der Waals surface area contributed by atoms with E-state index in [-0.39, 0.29) is 5.91 Å². The van der Waals surface area contributed by atoms with E-state index in [0.29, 0.717) is 18.8 Å². The minimum absolute atomic E-state index is 0.103. The molecule has 0 unspecified atom stereocenters. The molecule has 5 nitrogen and oxygen atoms in total. The second-order valence-corrected chi connectivity index (χ2v) is 4.74. The Morgan fingerprint density at radius 2 is 2.14 bits per heavy atom. The predicted octanol–water partition coefficient (Wildman–Crippen LogP) is 3.15. The molecule has 0 aliphatic rings. The zero-order chi connectivity index (χ0) is 15.6. The average Bonchev–Trinajstić information content (AvgIpc) is 3.03. The van der Waals surface area contributed by atoms with E-state index >= 15 is 0 Å². The zero-order valence-corrected chi connectivity index (χ0v) is 12.6. The number of hydrogen-bond acceptors (Lipinski definition) is 4. The van der Waals surface area contributed by atoms with Crippen LogP contribution in [0.4, 0.5) is 0 Å². The number of benzene rings is 1. The van der Waals surface area contributed by atoms with Gasteiger partial charge in [0.05, 0.1) is 19.1 Å². The van der Waals surface area contributed by atoms with Crippen LogP contribution in [0.5, 0.6) is 5.75 Å². The Morgan fingerprint density at radius 1 is 1.32 bits per heavy atom. The normalized spacial score (nSPS) is 10.8. The van der Waals surface area contributed by atoms with Crippen LogP contribution in [0, 0.1) is 0 Å². The highest BCUT2D eigenvalue weighted by atomic mass is 16.5. The summed E-state index contributed by atoms with van der Waals surface area (Å²) in [7, 11) is 0. The third-order valence-corrected chi connectivity index (χ3v) is 3.03. The number of furan rings is 1. The van der Waals surface area contributed by atoms with Crippen molar-refractivity contribution in [3.63, 3.8) is 0 Å². The Morgan fingerprint density at radius 3 is 2.82 bits per heavy atom. The second-order valence-electron chi connectivity index (χ2n) is 4.74. The van der Waals surface area contributed by atoms with Crippen molar-refractivity contribution in [2.24, 2.45) is 5.10 Å². The molecule has 5 heteroatoms. The number of carbonyl (C=O) groups is 1. The molecule has 0 saturated carbocycles. The molecule has 1 N–H and O–H groups in total. The minimum atomic E-state index is -0.103. The third kappa shape index (κ3) is 5.44. The molecule has 0 spiro atoms. The summed E-state index contributed by atoms with van der Waals surface area (Å²) >= 11 is 0. The van der Waals surface area contributed by atoms with Crippen molar-refractivity contribution in [2.45, 2.75) is 26.2 Å². The molecule has 0 aliphatic carbocycles. The zero-order valence-electron chi connectivity index (χ0n) is 12.6. The van der Waals surface area contributed by atoms with Gasteiger partial charge in [0.2, 0.25) is 5.91 Å². The number of aryl methyl sites for hydroxylation is 1. The number of carbonyl (C=O) groups excluding carboxylic acids is 1. The maximum absolute atomic E-state index is 11.6. The van der Waals surface area contributed by atoms with Crippen LogP contribution in [0.3, 0.4) is 0 Å². The first kappa shape index (κ1) is 15.8. The van der Waals surface area contributed by atoms with E-state index < -0.39 is 0 Å². The highest BCUT2D eigenvalue weighted by Crippen LogP contribution is 2.13. The summed E-state index contributed by atoms with van der Waals surface area (Å²) in [6.45, 7) is 2.62. The van der Waals surface area contributed by atoms with Gasteiger partial charge in [0.25, 0.3) is 0 Å². The Balaban J connectivity index is 1.66. The Hall–Kier alpha value is -2.56. The van der Waals surface area contributed by atoms with Crippen molar-refractivity contribution in [1.29, 1.82) is 0 Å². The maximum Gasteiger partial charge on any atom is 0.240 e. The maximum atomic E-state index is 11.6. The van der Waals surface area contributed by atoms with Gasteiger partial charge in [0, 0.05) is 6.42 Å². The van der Waals surface area contributed by atoms with Gasteiger partial charge >= 0.3 is 0 Å². The van der Waals surface area contributed by atoms with E-state index in [2.05, 4.69) is 10.5 Å². The Bertz CT molecular complexity index is 589. The van der Waals surface area contributed by atoms with Crippen molar-refractivity contribution >= 4 is 12.1 Å². The molecule has 2 aromatic rings. The molecule has 1 heterocycles. The SMILES string of the molecule is CCOc1ccc(CCCC(=O)N/N=C/c2ccco2)cc1. The third-order valence-electron chi connectivity index (χ3n) is 3.03. The highest BCUT2D eigenvalue weighted by Gasteiger charge is 2.01. The lowest BCUT2D eigenvalue weighted by atomic mass is 10.1. The predicted molar refractivity (Wildman–Crippen MR) is 85.0 cm³/mol. The highest BCUT2D eigenvalue weighted by molar-refractivity contribution is 5.80. The van der Waals surface area contributed by atoms with E-state index in [1.54, 1.807) is 18.4 Å². The van der Waals surface area contributed by atoms with Crippen molar-refractivity contribution in [1.82, 2.24) is 5.43 Å². The molecule has 0 aliphatic heterocycles. The van der Waals surface area contributed by atoms with E-state index in [4.69, 9.17) is 9.15 Å². The first-order valence-electron chi connectivity index (χ1n) is 7.35. The molecule has 1 aromatic heterocycles. The summed E-state index contributed by atoms with van der Waals surface area (Å²) < 4.78 is 10.5. The fourth-order valence-corrected chi connectivity index (χ4v) is 1.96. The number of nitrogens with zero attached hydrogens (tertiary/aromatic N) is 1. The molecular formula is C17H20N2O3. The average molecular weight is 300 g/mol. The molecule has 1 amide bonds. The first-order valence-corrected chi connectivity index (χ1v) is 7.35. The summed E-state index contributed by atoms with van der Waals surface area (Å²) in [5.74, 6) is 1.37. The van der Waals surface area contributed by atoms with Crippen molar-refractivity contribution in [3.05, 3.63) is 54.0 Å². The molecule has 22 heavy (non-hydrogen) atoms. The van der Waals surface area contributed by atoms with Crippen molar-refractivity contribution in [2.75, 3.05) is 6.61 Å². The Kier molecular flexibility index (Phi) is 6.23. The molecule has 0 atom stereocenters. The largest absolute Gasteiger partial charge is 0.494 e. The van der Waals surface area contributed by atoms with Gasteiger partial charge in [-0.3, -0.25) is 4.79 Å². The molecule has 2 rings (SSSR count). The van der Waals surface area contributed by atoms with Gasteiger partial charge < -0.3 is 9.15 Å². The standard InChI is InChI=1S/C17H20N2O3/c1-2-21-15-10-8-14(9-11-15)5-3-7-17(20)19-18-13-16-6-4-12-22-16/h4,6,8-13H,2-3,5,7H2,1H3,(H,19,20)/b18-13+. The van der Waals surface area contributed by atoms with E-state index in [0.717, 1.165) is 18.6 Å². The smallest absolute Gasteiger partial charge is 0.240 e. The number of hydrogen-bond donors (Lipinski definition) is 1. The monoisotopic (exact) mass is 300 g/mol. The number of hydrazone groups is 1. The van der Waals surface area contributed by atoms with Crippen LogP contribution < -0.4 is 10.2 Å². The molecular weight excluding hydrogens is 280 g/mol. The molecule has 116 valence electrons. The van der Waals surface area contributed by atoms with Crippen LogP contribution in [0.1, 0.15) is 31.1 Å². The number of nitrogens with one attached hydrogen (secondary N) is 1. The van der Waals surface area contributed by atoms with Crippen LogP contribution in [0.2, 0.25) is 0 Å². The van der Waals surface area contributed by atoms with Gasteiger partial charge in [0.15, 0.2) is 0 Å². The molecule has 0 saturated heterocycles. The number of amides is 1. The lowest BCUT2D eigenvalue weighted by molar-refractivity contribution is -0.121. The van der Waals surface area contributed by atoms with E-state index in [1.807, 2.05) is 31.2 Å². The molecule has 0 radical (unpaired) electrons. The summed E-state index contributed by atoms with van der Waals surface area (Å²) in [6.07, 6.45) is 5.09. The molecule has 1 aromatic carbocycles. The number of rotatable bonds is 8. The van der Waals surface area contributed by atoms with Crippen LogP contribution in [0.15, 0.2) is 52.2 Å². The van der Waals surface area contributed by atoms with E-state index in [1.165, 1.54) is 11.8 Å². The van der Waals surface area contributed by atoms with Gasteiger partial charge in [-0.05, 0) is 49.6 Å². The molecule has 0 fully saturated rings. The van der Waals surface area contributed by atoms with Gasteiger partial charge in [0.1, 0.15) is 11.5 Å². The molecule has 0 bridgehead atoms. The Labute approximate surface area is 130 Å².